The molecule has 0 aliphatic carbocycles. The van der Waals surface area contributed by atoms with Crippen molar-refractivity contribution in [2.75, 3.05) is 27.3 Å². The van der Waals surface area contributed by atoms with Crippen molar-refractivity contribution >= 4 is 35.2 Å². The minimum absolute atomic E-state index is 0.0976. The Hall–Kier alpha value is -7.17. The van der Waals surface area contributed by atoms with Crippen LogP contribution < -0.4 is 5.32 Å². The maximum absolute atomic E-state index is 14.0. The van der Waals surface area contributed by atoms with Crippen LogP contribution in [-0.2, 0) is 24.1 Å². The Kier molecular flexibility index (Phi) is 12.0. The van der Waals surface area contributed by atoms with Gasteiger partial charge in [-0.3, -0.25) is 9.59 Å². The number of H-pyrrole nitrogens is 2. The molecule has 13 nitrogen and oxygen atoms in total. The Morgan fingerprint density at radius 3 is 2.20 bits per heavy atom. The van der Waals surface area contributed by atoms with Gasteiger partial charge in [-0.2, -0.15) is 4.89 Å². The summed E-state index contributed by atoms with van der Waals surface area (Å²) in [6.07, 6.45) is 5.64. The lowest BCUT2D eigenvalue weighted by molar-refractivity contribution is -0.188. The third-order valence-corrected chi connectivity index (χ3v) is 11.0. The lowest BCUT2D eigenvalue weighted by Gasteiger charge is -2.28. The van der Waals surface area contributed by atoms with Gasteiger partial charge < -0.3 is 34.7 Å². The van der Waals surface area contributed by atoms with E-state index >= 15 is 0 Å². The third-order valence-electron chi connectivity index (χ3n) is 11.0. The molecule has 2 fully saturated rings. The summed E-state index contributed by atoms with van der Waals surface area (Å²) < 4.78 is 4.83. The number of nitrogens with zero attached hydrogens (tertiary/aromatic N) is 4. The number of aromatic amines is 2. The van der Waals surface area contributed by atoms with Gasteiger partial charge >= 0.3 is 6.09 Å². The number of ether oxygens (including phenoxy) is 1. The molecule has 8 rings (SSSR count). The predicted molar refractivity (Wildman–Crippen MR) is 226 cm³/mol. The Morgan fingerprint density at radius 1 is 0.817 bits per heavy atom. The fraction of sp³-hybridized carbons (Fsp3) is 0.255. The van der Waals surface area contributed by atoms with Crippen molar-refractivity contribution in [3.8, 4) is 23.1 Å². The first-order valence-corrected chi connectivity index (χ1v) is 20.0. The number of aromatic nitrogens is 3. The molecule has 0 unspecified atom stereocenters. The number of likely N-dealkylation sites (tertiary alicyclic amines) is 2. The van der Waals surface area contributed by atoms with Gasteiger partial charge in [-0.05, 0) is 73.2 Å². The fourth-order valence-corrected chi connectivity index (χ4v) is 8.09. The number of rotatable bonds is 11. The summed E-state index contributed by atoms with van der Waals surface area (Å²) in [5.74, 6) is 6.98. The summed E-state index contributed by atoms with van der Waals surface area (Å²) >= 11 is 0. The van der Waals surface area contributed by atoms with Crippen LogP contribution in [-0.4, -0.2) is 76.4 Å². The fourth-order valence-electron chi connectivity index (χ4n) is 8.09. The quantitative estimate of drug-likeness (QED) is 0.0398. The summed E-state index contributed by atoms with van der Waals surface area (Å²) in [6.45, 7) is 1.18. The number of hydrogen-bond donors (Lipinski definition) is 3. The number of aliphatic imine (C=N–C) groups is 1. The molecule has 0 spiro atoms. The van der Waals surface area contributed by atoms with Crippen LogP contribution in [0, 0.1) is 11.8 Å². The van der Waals surface area contributed by atoms with E-state index in [4.69, 9.17) is 14.6 Å². The van der Waals surface area contributed by atoms with Crippen molar-refractivity contribution in [2.24, 2.45) is 4.99 Å². The molecule has 4 atom stereocenters. The van der Waals surface area contributed by atoms with Crippen molar-refractivity contribution in [2.45, 2.75) is 49.9 Å². The minimum atomic E-state index is -0.882. The van der Waals surface area contributed by atoms with Gasteiger partial charge in [0, 0.05) is 52.6 Å². The first-order chi connectivity index (χ1) is 29.4. The molecule has 2 aliphatic rings. The van der Waals surface area contributed by atoms with E-state index in [9.17, 15) is 14.4 Å². The second-order valence-corrected chi connectivity index (χ2v) is 14.7. The van der Waals surface area contributed by atoms with Gasteiger partial charge in [0.2, 0.25) is 6.40 Å². The van der Waals surface area contributed by atoms with Crippen LogP contribution in [0.4, 0.5) is 4.79 Å². The van der Waals surface area contributed by atoms with E-state index in [1.165, 1.54) is 20.6 Å². The standard InChI is InChI=1S/C47H45N7O6/c1-58-47(57)52-43(35-13-7-4-8-14-35)46(56)54-26-10-16-41(54)44-48-29-39(51-44)33-22-19-31(20-23-33)17-18-32-21-24-37-36(27-32)28-38(50-37)40-15-9-25-53(40)45(55)42(49-30-60-59-2)34-11-5-3-6-12-34/h3-8,11-14,19-24,27-30,40-43,50H,9-10,15-16,25-26H2,1-2H3,(H,48,51)(H,52,57)/b49-30+/t40-,41-,42+,43+/m0/s1. The van der Waals surface area contributed by atoms with Gasteiger partial charge in [0.05, 0.1) is 32.0 Å². The van der Waals surface area contributed by atoms with Crippen molar-refractivity contribution < 1.29 is 28.9 Å². The predicted octanol–water partition coefficient (Wildman–Crippen LogP) is 7.73. The number of methoxy groups -OCH3 is 1. The van der Waals surface area contributed by atoms with Crippen molar-refractivity contribution in [1.29, 1.82) is 0 Å². The summed E-state index contributed by atoms with van der Waals surface area (Å²) in [5.41, 5.74) is 6.81. The summed E-state index contributed by atoms with van der Waals surface area (Å²) in [5, 5.41) is 3.73. The van der Waals surface area contributed by atoms with E-state index < -0.39 is 18.2 Å². The molecule has 4 aromatic carbocycles. The number of carbonyl (C=O) groups is 3. The number of nitrogens with one attached hydrogen (secondary N) is 3. The molecule has 3 N–H and O–H groups in total. The van der Waals surface area contributed by atoms with E-state index in [0.29, 0.717) is 24.5 Å². The maximum atomic E-state index is 14.0. The van der Waals surface area contributed by atoms with Crippen molar-refractivity contribution in [3.63, 3.8) is 0 Å². The van der Waals surface area contributed by atoms with Gasteiger partial charge in [-0.15, -0.1) is 0 Å². The highest BCUT2D eigenvalue weighted by atomic mass is 17.2. The molecule has 2 aliphatic heterocycles. The molecule has 2 saturated heterocycles. The van der Waals surface area contributed by atoms with Gasteiger partial charge in [0.1, 0.15) is 11.9 Å². The maximum Gasteiger partial charge on any atom is 0.407 e. The van der Waals surface area contributed by atoms with Gasteiger partial charge in [-0.1, -0.05) is 84.6 Å². The number of amides is 3. The SMILES string of the molecule is COO/C=N/[C@@H](C(=O)N1CCC[C@H]1c1cc2cc(C#Cc3ccc(-c4c[nH]c([C@@H]5CCCN5C(=O)[C@H](NC(=O)OC)c5ccccc5)n4)cc3)ccc2[nH]1)c1ccccc1. The molecule has 3 amide bonds. The monoisotopic (exact) mass is 803 g/mol. The molecular weight excluding hydrogens is 759 g/mol. The first kappa shape index (κ1) is 39.6. The van der Waals surface area contributed by atoms with Crippen LogP contribution in [0.25, 0.3) is 22.2 Å². The topological polar surface area (TPSA) is 154 Å². The highest BCUT2D eigenvalue weighted by molar-refractivity contribution is 5.88. The Balaban J connectivity index is 0.939. The molecular formula is C47H45N7O6. The second-order valence-electron chi connectivity index (χ2n) is 14.7. The van der Waals surface area contributed by atoms with E-state index in [1.54, 1.807) is 4.90 Å². The molecule has 2 aromatic heterocycles. The third kappa shape index (κ3) is 8.64. The average Bonchev–Trinajstić information content (AvgIpc) is 4.13. The zero-order chi connectivity index (χ0) is 41.4. The first-order valence-electron chi connectivity index (χ1n) is 20.0. The number of alkyl carbamates (subject to hydrolysis) is 1. The van der Waals surface area contributed by atoms with Crippen molar-refractivity contribution in [3.05, 3.63) is 149 Å². The number of imidazole rings is 1. The van der Waals surface area contributed by atoms with E-state index in [0.717, 1.165) is 70.2 Å². The molecule has 0 bridgehead atoms. The Labute approximate surface area is 347 Å². The molecule has 0 radical (unpaired) electrons. The molecule has 6 aromatic rings. The van der Waals surface area contributed by atoms with Gasteiger partial charge in [0.15, 0.2) is 6.04 Å². The van der Waals surface area contributed by atoms with Crippen molar-refractivity contribution in [1.82, 2.24) is 30.1 Å². The lowest BCUT2D eigenvalue weighted by atomic mass is 10.0. The summed E-state index contributed by atoms with van der Waals surface area (Å²) in [4.78, 5) is 69.4. The molecule has 13 heteroatoms. The largest absolute Gasteiger partial charge is 0.453 e. The highest BCUT2D eigenvalue weighted by Gasteiger charge is 2.38. The number of fused-ring (bicyclic) bond motifs is 1. The van der Waals surface area contributed by atoms with Crippen LogP contribution in [0.3, 0.4) is 0 Å². The van der Waals surface area contributed by atoms with Gasteiger partial charge in [0.25, 0.3) is 11.8 Å². The van der Waals surface area contributed by atoms with E-state index in [-0.39, 0.29) is 23.9 Å². The number of hydrogen-bond acceptors (Lipinski definition) is 8. The van der Waals surface area contributed by atoms with Crippen LogP contribution in [0.15, 0.2) is 120 Å². The average molecular weight is 804 g/mol. The molecule has 4 heterocycles. The summed E-state index contributed by atoms with van der Waals surface area (Å²) in [6, 6.07) is 32.7. The smallest absolute Gasteiger partial charge is 0.407 e. The molecule has 0 saturated carbocycles. The Morgan fingerprint density at radius 2 is 1.48 bits per heavy atom. The molecule has 304 valence electrons. The lowest BCUT2D eigenvalue weighted by Crippen LogP contribution is -2.42. The number of benzene rings is 4. The molecule has 60 heavy (non-hydrogen) atoms. The second kappa shape index (κ2) is 18.2. The van der Waals surface area contributed by atoms with Crippen LogP contribution in [0.2, 0.25) is 0 Å². The van der Waals surface area contributed by atoms with Crippen LogP contribution >= 0.6 is 0 Å². The highest BCUT2D eigenvalue weighted by Crippen LogP contribution is 2.37. The van der Waals surface area contributed by atoms with Crippen LogP contribution in [0.5, 0.6) is 0 Å². The zero-order valence-electron chi connectivity index (χ0n) is 33.3. The zero-order valence-corrected chi connectivity index (χ0v) is 33.3. The minimum Gasteiger partial charge on any atom is -0.453 e. The number of carbonyl (C=O) groups excluding carboxylic acids is 3. The van der Waals surface area contributed by atoms with Gasteiger partial charge in [-0.25, -0.2) is 14.8 Å². The summed E-state index contributed by atoms with van der Waals surface area (Å²) in [7, 11) is 2.67. The normalized spacial score (nSPS) is 17.3. The van der Waals surface area contributed by atoms with Crippen LogP contribution in [0.1, 0.15) is 83.6 Å². The van der Waals surface area contributed by atoms with E-state index in [2.05, 4.69) is 49.1 Å². The van der Waals surface area contributed by atoms with E-state index in [1.807, 2.05) is 108 Å². The Bertz CT molecular complexity index is 2540.